The van der Waals surface area contributed by atoms with E-state index in [1.54, 1.807) is 7.11 Å². The lowest BCUT2D eigenvalue weighted by Crippen LogP contribution is -2.52. The van der Waals surface area contributed by atoms with E-state index in [1.165, 1.54) is 0 Å². The molecule has 2 atom stereocenters. The third kappa shape index (κ3) is 5.37. The van der Waals surface area contributed by atoms with Gasteiger partial charge >= 0.3 is 12.0 Å². The molecule has 0 radical (unpaired) electrons. The minimum atomic E-state index is -0.112. The number of ether oxygens (including phenoxy) is 2. The molecule has 2 saturated carbocycles. The summed E-state index contributed by atoms with van der Waals surface area (Å²) in [6.07, 6.45) is 7.63. The van der Waals surface area contributed by atoms with Crippen LogP contribution in [-0.4, -0.2) is 43.9 Å². The molecular weight excluding hydrogens is 296 g/mol. The topological polar surface area (TPSA) is 76.7 Å². The molecule has 0 saturated heterocycles. The van der Waals surface area contributed by atoms with Crippen LogP contribution in [0.1, 0.15) is 58.3 Å². The van der Waals surface area contributed by atoms with E-state index in [9.17, 15) is 9.59 Å². The summed E-state index contributed by atoms with van der Waals surface area (Å²) in [4.78, 5) is 23.9. The Hall–Kier alpha value is -1.30. The van der Waals surface area contributed by atoms with Crippen molar-refractivity contribution >= 4 is 12.0 Å². The van der Waals surface area contributed by atoms with Crippen LogP contribution in [0, 0.1) is 5.92 Å². The number of methoxy groups -OCH3 is 1. The predicted molar refractivity (Wildman–Crippen MR) is 87.1 cm³/mol. The van der Waals surface area contributed by atoms with Gasteiger partial charge in [0.1, 0.15) is 0 Å². The van der Waals surface area contributed by atoms with E-state index in [0.29, 0.717) is 6.61 Å². The summed E-state index contributed by atoms with van der Waals surface area (Å²) in [5.41, 5.74) is 0. The zero-order chi connectivity index (χ0) is 16.7. The Kier molecular flexibility index (Phi) is 7.15. The van der Waals surface area contributed by atoms with Gasteiger partial charge in [0, 0.05) is 13.2 Å². The van der Waals surface area contributed by atoms with Crippen LogP contribution in [0.4, 0.5) is 4.79 Å². The number of hydrogen-bond donors (Lipinski definition) is 2. The Morgan fingerprint density at radius 1 is 1.00 bits per heavy atom. The molecule has 0 aromatic rings. The standard InChI is InChI=1S/C17H30N2O4/c1-3-23-16(20)12-8-10-13(11-9-12)18-17(21)19-14-6-4-5-7-15(14)22-2/h12-15H,3-11H2,1-2H3,(H2,18,19,21). The predicted octanol–water partition coefficient (Wildman–Crippen LogP) is 2.37. The molecule has 0 aliphatic heterocycles. The summed E-state index contributed by atoms with van der Waals surface area (Å²) in [7, 11) is 1.71. The van der Waals surface area contributed by atoms with Gasteiger partial charge in [0.15, 0.2) is 0 Å². The van der Waals surface area contributed by atoms with Gasteiger partial charge in [-0.3, -0.25) is 4.79 Å². The van der Waals surface area contributed by atoms with Gasteiger partial charge in [-0.1, -0.05) is 12.8 Å². The lowest BCUT2D eigenvalue weighted by Gasteiger charge is -2.32. The van der Waals surface area contributed by atoms with Crippen molar-refractivity contribution in [2.24, 2.45) is 5.92 Å². The second kappa shape index (κ2) is 9.11. The van der Waals surface area contributed by atoms with Gasteiger partial charge in [0.05, 0.1) is 24.7 Å². The van der Waals surface area contributed by atoms with E-state index in [1.807, 2.05) is 6.92 Å². The molecule has 0 heterocycles. The second-order valence-electron chi connectivity index (χ2n) is 6.58. The quantitative estimate of drug-likeness (QED) is 0.761. The van der Waals surface area contributed by atoms with Crippen molar-refractivity contribution in [3.8, 4) is 0 Å². The lowest BCUT2D eigenvalue weighted by atomic mass is 9.86. The maximum Gasteiger partial charge on any atom is 0.315 e. The zero-order valence-electron chi connectivity index (χ0n) is 14.3. The van der Waals surface area contributed by atoms with Gasteiger partial charge in [-0.05, 0) is 45.4 Å². The highest BCUT2D eigenvalue weighted by Gasteiger charge is 2.30. The molecule has 132 valence electrons. The molecule has 2 aliphatic rings. The lowest BCUT2D eigenvalue weighted by molar-refractivity contribution is -0.149. The molecule has 2 rings (SSSR count). The number of nitrogens with one attached hydrogen (secondary N) is 2. The van der Waals surface area contributed by atoms with Crippen LogP contribution < -0.4 is 10.6 Å². The van der Waals surface area contributed by atoms with Crippen molar-refractivity contribution in [2.45, 2.75) is 76.5 Å². The SMILES string of the molecule is CCOC(=O)C1CCC(NC(=O)NC2CCCCC2OC)CC1. The maximum atomic E-state index is 12.2. The van der Waals surface area contributed by atoms with Gasteiger partial charge < -0.3 is 20.1 Å². The maximum absolute atomic E-state index is 12.2. The monoisotopic (exact) mass is 326 g/mol. The normalized spacial score (nSPS) is 31.2. The molecule has 6 heteroatoms. The summed E-state index contributed by atoms with van der Waals surface area (Å²) in [5.74, 6) is -0.104. The summed E-state index contributed by atoms with van der Waals surface area (Å²) in [6, 6.07) is 0.133. The zero-order valence-corrected chi connectivity index (χ0v) is 14.3. The van der Waals surface area contributed by atoms with Crippen LogP contribution in [0.2, 0.25) is 0 Å². The summed E-state index contributed by atoms with van der Waals surface area (Å²) >= 11 is 0. The first-order valence-electron chi connectivity index (χ1n) is 8.90. The van der Waals surface area contributed by atoms with Crippen molar-refractivity contribution in [3.63, 3.8) is 0 Å². The molecule has 0 aromatic heterocycles. The van der Waals surface area contributed by atoms with Gasteiger partial charge in [0.25, 0.3) is 0 Å². The number of esters is 1. The minimum Gasteiger partial charge on any atom is -0.466 e. The molecule has 2 amide bonds. The highest BCUT2D eigenvalue weighted by atomic mass is 16.5. The second-order valence-corrected chi connectivity index (χ2v) is 6.58. The molecule has 2 fully saturated rings. The van der Waals surface area contributed by atoms with E-state index in [2.05, 4.69) is 10.6 Å². The minimum absolute atomic E-state index is 0.00715. The van der Waals surface area contributed by atoms with E-state index < -0.39 is 0 Å². The Labute approximate surface area is 138 Å². The highest BCUT2D eigenvalue weighted by molar-refractivity contribution is 5.75. The van der Waals surface area contributed by atoms with Crippen LogP contribution in [0.15, 0.2) is 0 Å². The Bertz CT molecular complexity index is 394. The average Bonchev–Trinajstić information content (AvgIpc) is 2.56. The average molecular weight is 326 g/mol. The Morgan fingerprint density at radius 2 is 1.70 bits per heavy atom. The number of rotatable bonds is 5. The first kappa shape index (κ1) is 18.0. The Balaban J connectivity index is 1.71. The van der Waals surface area contributed by atoms with Crippen molar-refractivity contribution in [1.82, 2.24) is 10.6 Å². The van der Waals surface area contributed by atoms with Crippen molar-refractivity contribution in [1.29, 1.82) is 0 Å². The van der Waals surface area contributed by atoms with Gasteiger partial charge in [-0.15, -0.1) is 0 Å². The van der Waals surface area contributed by atoms with E-state index >= 15 is 0 Å². The van der Waals surface area contributed by atoms with E-state index in [-0.39, 0.29) is 36.1 Å². The van der Waals surface area contributed by atoms with Crippen LogP contribution in [0.3, 0.4) is 0 Å². The van der Waals surface area contributed by atoms with Crippen molar-refractivity contribution in [3.05, 3.63) is 0 Å². The molecule has 0 aromatic carbocycles. The first-order chi connectivity index (χ1) is 11.1. The summed E-state index contributed by atoms with van der Waals surface area (Å²) in [6.45, 7) is 2.26. The third-order valence-corrected chi connectivity index (χ3v) is 5.00. The molecule has 0 bridgehead atoms. The fourth-order valence-electron chi connectivity index (χ4n) is 3.67. The number of carbonyl (C=O) groups is 2. The van der Waals surface area contributed by atoms with Gasteiger partial charge in [-0.25, -0.2) is 4.79 Å². The third-order valence-electron chi connectivity index (χ3n) is 5.00. The van der Waals surface area contributed by atoms with Crippen molar-refractivity contribution in [2.75, 3.05) is 13.7 Å². The molecule has 6 nitrogen and oxygen atoms in total. The van der Waals surface area contributed by atoms with Gasteiger partial charge in [-0.2, -0.15) is 0 Å². The largest absolute Gasteiger partial charge is 0.466 e. The fourth-order valence-corrected chi connectivity index (χ4v) is 3.67. The summed E-state index contributed by atoms with van der Waals surface area (Å²) < 4.78 is 10.5. The first-order valence-corrected chi connectivity index (χ1v) is 8.90. The van der Waals surface area contributed by atoms with Gasteiger partial charge in [0.2, 0.25) is 0 Å². The molecule has 23 heavy (non-hydrogen) atoms. The van der Waals surface area contributed by atoms with Crippen LogP contribution in [-0.2, 0) is 14.3 Å². The highest BCUT2D eigenvalue weighted by Crippen LogP contribution is 2.25. The van der Waals surface area contributed by atoms with Crippen LogP contribution >= 0.6 is 0 Å². The van der Waals surface area contributed by atoms with Crippen LogP contribution in [0.25, 0.3) is 0 Å². The molecule has 0 spiro atoms. The molecule has 2 aliphatic carbocycles. The Morgan fingerprint density at radius 3 is 2.35 bits per heavy atom. The molecule has 2 unspecified atom stereocenters. The molecule has 2 N–H and O–H groups in total. The van der Waals surface area contributed by atoms with E-state index in [4.69, 9.17) is 9.47 Å². The molecular formula is C17H30N2O4. The van der Waals surface area contributed by atoms with E-state index in [0.717, 1.165) is 51.4 Å². The number of urea groups is 1. The van der Waals surface area contributed by atoms with Crippen LogP contribution in [0.5, 0.6) is 0 Å². The summed E-state index contributed by atoms with van der Waals surface area (Å²) in [5, 5.41) is 6.10. The number of carbonyl (C=O) groups excluding carboxylic acids is 2. The smallest absolute Gasteiger partial charge is 0.315 e. The number of amides is 2. The fraction of sp³-hybridized carbons (Fsp3) is 0.882. The number of hydrogen-bond acceptors (Lipinski definition) is 4. The van der Waals surface area contributed by atoms with Crippen molar-refractivity contribution < 1.29 is 19.1 Å².